The third kappa shape index (κ3) is 3.34. The monoisotopic (exact) mass is 285 g/mol. The molecule has 0 aliphatic heterocycles. The van der Waals surface area contributed by atoms with E-state index >= 15 is 0 Å². The molecule has 0 saturated carbocycles. The first-order valence-electron chi connectivity index (χ1n) is 6.72. The Hall–Kier alpha value is -2.49. The summed E-state index contributed by atoms with van der Waals surface area (Å²) in [5, 5.41) is 12.6. The van der Waals surface area contributed by atoms with Gasteiger partial charge in [-0.1, -0.05) is 18.2 Å². The maximum atomic E-state index is 11.6. The first-order chi connectivity index (χ1) is 10.0. The highest BCUT2D eigenvalue weighted by atomic mass is 16.5. The van der Waals surface area contributed by atoms with E-state index in [2.05, 4.69) is 5.32 Å². The fraction of sp³-hybridized carbons (Fsp3) is 0.235. The van der Waals surface area contributed by atoms with E-state index in [4.69, 9.17) is 4.74 Å². The van der Waals surface area contributed by atoms with Gasteiger partial charge < -0.3 is 15.2 Å². The second kappa shape index (κ2) is 6.31. The maximum absolute atomic E-state index is 11.6. The number of benzene rings is 2. The molecule has 0 fully saturated rings. The van der Waals surface area contributed by atoms with E-state index in [0.29, 0.717) is 0 Å². The molecule has 2 aromatic carbocycles. The number of hydrogen-bond donors (Lipinski definition) is 2. The summed E-state index contributed by atoms with van der Waals surface area (Å²) in [5.74, 6) is -0.168. The predicted molar refractivity (Wildman–Crippen MR) is 82.9 cm³/mol. The predicted octanol–water partition coefficient (Wildman–Crippen LogP) is 3.55. The molecular weight excluding hydrogens is 266 g/mol. The molecule has 0 saturated heterocycles. The summed E-state index contributed by atoms with van der Waals surface area (Å²) in [6.07, 6.45) is 0. The lowest BCUT2D eigenvalue weighted by Crippen LogP contribution is -2.21. The zero-order valence-corrected chi connectivity index (χ0v) is 12.4. The molecule has 0 heterocycles. The minimum atomic E-state index is -0.903. The first kappa shape index (κ1) is 14.9. The van der Waals surface area contributed by atoms with Crippen LogP contribution in [0.2, 0.25) is 0 Å². The van der Waals surface area contributed by atoms with Crippen molar-refractivity contribution in [3.63, 3.8) is 0 Å². The number of aryl methyl sites for hydroxylation is 1. The Balaban J connectivity index is 2.31. The zero-order valence-electron chi connectivity index (χ0n) is 12.4. The van der Waals surface area contributed by atoms with E-state index in [9.17, 15) is 9.90 Å². The minimum Gasteiger partial charge on any atom is -0.497 e. The van der Waals surface area contributed by atoms with Crippen LogP contribution in [-0.4, -0.2) is 18.2 Å². The van der Waals surface area contributed by atoms with Gasteiger partial charge >= 0.3 is 5.97 Å². The van der Waals surface area contributed by atoms with Gasteiger partial charge in [0.05, 0.1) is 7.11 Å². The Morgan fingerprint density at radius 1 is 1.14 bits per heavy atom. The number of carboxylic acids is 1. The minimum absolute atomic E-state index is 0.735. The topological polar surface area (TPSA) is 58.6 Å². The van der Waals surface area contributed by atoms with Crippen LogP contribution in [0.1, 0.15) is 22.7 Å². The van der Waals surface area contributed by atoms with Gasteiger partial charge in [-0.15, -0.1) is 0 Å². The molecule has 2 aromatic rings. The Kier molecular flexibility index (Phi) is 4.48. The maximum Gasteiger partial charge on any atom is 0.330 e. The third-order valence-electron chi connectivity index (χ3n) is 3.61. The second-order valence-electron chi connectivity index (χ2n) is 4.93. The van der Waals surface area contributed by atoms with E-state index < -0.39 is 12.0 Å². The lowest BCUT2D eigenvalue weighted by Gasteiger charge is -2.19. The molecule has 21 heavy (non-hydrogen) atoms. The molecule has 0 aliphatic rings. The standard InChI is InChI=1S/C17H19NO3/c1-11-5-4-6-15(12(11)2)16(17(19)20)18-13-7-9-14(21-3)10-8-13/h4-10,16,18H,1-3H3,(H,19,20). The van der Waals surface area contributed by atoms with Crippen molar-refractivity contribution in [1.29, 1.82) is 0 Å². The van der Waals surface area contributed by atoms with Gasteiger partial charge in [-0.25, -0.2) is 4.79 Å². The summed E-state index contributed by atoms with van der Waals surface area (Å²) in [6, 6.07) is 12.1. The summed E-state index contributed by atoms with van der Waals surface area (Å²) >= 11 is 0. The zero-order chi connectivity index (χ0) is 15.4. The van der Waals surface area contributed by atoms with Gasteiger partial charge in [0.25, 0.3) is 0 Å². The van der Waals surface area contributed by atoms with Crippen LogP contribution in [0.4, 0.5) is 5.69 Å². The van der Waals surface area contributed by atoms with E-state index in [1.165, 1.54) is 0 Å². The van der Waals surface area contributed by atoms with E-state index in [0.717, 1.165) is 28.1 Å². The molecule has 2 N–H and O–H groups in total. The number of carboxylic acid groups (broad SMARTS) is 1. The summed E-state index contributed by atoms with van der Waals surface area (Å²) in [4.78, 5) is 11.6. The van der Waals surface area contributed by atoms with E-state index in [1.807, 2.05) is 32.0 Å². The fourth-order valence-electron chi connectivity index (χ4n) is 2.21. The van der Waals surface area contributed by atoms with Crippen molar-refractivity contribution in [3.8, 4) is 5.75 Å². The number of nitrogens with one attached hydrogen (secondary N) is 1. The van der Waals surface area contributed by atoms with Crippen molar-refractivity contribution in [2.45, 2.75) is 19.9 Å². The average molecular weight is 285 g/mol. The largest absolute Gasteiger partial charge is 0.497 e. The van der Waals surface area contributed by atoms with Gasteiger partial charge in [0.15, 0.2) is 6.04 Å². The van der Waals surface area contributed by atoms with E-state index in [-0.39, 0.29) is 0 Å². The Morgan fingerprint density at radius 3 is 2.38 bits per heavy atom. The van der Waals surface area contributed by atoms with Crippen LogP contribution >= 0.6 is 0 Å². The first-order valence-corrected chi connectivity index (χ1v) is 6.72. The average Bonchev–Trinajstić information content (AvgIpc) is 2.48. The number of rotatable bonds is 5. The number of carbonyl (C=O) groups is 1. The van der Waals surface area contributed by atoms with Crippen LogP contribution in [-0.2, 0) is 4.79 Å². The van der Waals surface area contributed by atoms with Crippen molar-refractivity contribution in [3.05, 3.63) is 59.2 Å². The molecule has 0 bridgehead atoms. The fourth-order valence-corrected chi connectivity index (χ4v) is 2.21. The van der Waals surface area contributed by atoms with Crippen molar-refractivity contribution in [2.75, 3.05) is 12.4 Å². The number of anilines is 1. The van der Waals surface area contributed by atoms with Crippen LogP contribution in [0.15, 0.2) is 42.5 Å². The summed E-state index contributed by atoms with van der Waals surface area (Å²) < 4.78 is 5.10. The van der Waals surface area contributed by atoms with Crippen LogP contribution in [0.5, 0.6) is 5.75 Å². The highest BCUT2D eigenvalue weighted by molar-refractivity contribution is 5.80. The molecular formula is C17H19NO3. The van der Waals surface area contributed by atoms with Crippen LogP contribution < -0.4 is 10.1 Å². The molecule has 110 valence electrons. The Morgan fingerprint density at radius 2 is 1.81 bits per heavy atom. The normalized spacial score (nSPS) is 11.8. The molecule has 1 atom stereocenters. The van der Waals surface area contributed by atoms with Crippen molar-refractivity contribution >= 4 is 11.7 Å². The number of hydrogen-bond acceptors (Lipinski definition) is 3. The highest BCUT2D eigenvalue weighted by Gasteiger charge is 2.21. The van der Waals surface area contributed by atoms with Gasteiger partial charge in [0.2, 0.25) is 0 Å². The molecule has 1 unspecified atom stereocenters. The Labute approximate surface area is 124 Å². The van der Waals surface area contributed by atoms with Crippen LogP contribution in [0, 0.1) is 13.8 Å². The van der Waals surface area contributed by atoms with Crippen LogP contribution in [0.3, 0.4) is 0 Å². The lowest BCUT2D eigenvalue weighted by molar-refractivity contribution is -0.138. The van der Waals surface area contributed by atoms with Crippen molar-refractivity contribution in [1.82, 2.24) is 0 Å². The highest BCUT2D eigenvalue weighted by Crippen LogP contribution is 2.25. The summed E-state index contributed by atoms with van der Waals surface area (Å²) in [6.45, 7) is 3.92. The van der Waals surface area contributed by atoms with Crippen molar-refractivity contribution < 1.29 is 14.6 Å². The Bertz CT molecular complexity index is 635. The quantitative estimate of drug-likeness (QED) is 0.882. The van der Waals surface area contributed by atoms with E-state index in [1.54, 1.807) is 31.4 Å². The number of aliphatic carboxylic acids is 1. The molecule has 0 radical (unpaired) electrons. The van der Waals surface area contributed by atoms with Crippen LogP contribution in [0.25, 0.3) is 0 Å². The summed E-state index contributed by atoms with van der Waals surface area (Å²) in [7, 11) is 1.60. The van der Waals surface area contributed by atoms with Gasteiger partial charge in [0, 0.05) is 5.69 Å². The third-order valence-corrected chi connectivity index (χ3v) is 3.61. The van der Waals surface area contributed by atoms with Crippen molar-refractivity contribution in [2.24, 2.45) is 0 Å². The number of ether oxygens (including phenoxy) is 1. The second-order valence-corrected chi connectivity index (χ2v) is 4.93. The SMILES string of the molecule is COc1ccc(NC(C(=O)O)c2cccc(C)c2C)cc1. The smallest absolute Gasteiger partial charge is 0.330 e. The molecule has 4 heteroatoms. The van der Waals surface area contributed by atoms with Gasteiger partial charge in [-0.2, -0.15) is 0 Å². The molecule has 4 nitrogen and oxygen atoms in total. The molecule has 0 amide bonds. The molecule has 0 aliphatic carbocycles. The molecule has 0 spiro atoms. The van der Waals surface area contributed by atoms with Gasteiger partial charge in [-0.3, -0.25) is 0 Å². The summed E-state index contributed by atoms with van der Waals surface area (Å²) in [5.41, 5.74) is 3.59. The van der Waals surface area contributed by atoms with Gasteiger partial charge in [-0.05, 0) is 54.8 Å². The molecule has 2 rings (SSSR count). The van der Waals surface area contributed by atoms with Gasteiger partial charge in [0.1, 0.15) is 5.75 Å². The molecule has 0 aromatic heterocycles. The lowest BCUT2D eigenvalue weighted by atomic mass is 9.97. The number of methoxy groups -OCH3 is 1.